The second-order valence-corrected chi connectivity index (χ2v) is 3.60. The van der Waals surface area contributed by atoms with Gasteiger partial charge in [-0.15, -0.1) is 6.58 Å². The van der Waals surface area contributed by atoms with E-state index in [1.807, 2.05) is 6.07 Å². The van der Waals surface area contributed by atoms with Crippen LogP contribution in [0.25, 0.3) is 0 Å². The predicted octanol–water partition coefficient (Wildman–Crippen LogP) is 2.75. The van der Waals surface area contributed by atoms with Crippen LogP contribution in [0.15, 0.2) is 30.9 Å². The molecule has 16 heavy (non-hydrogen) atoms. The van der Waals surface area contributed by atoms with Crippen molar-refractivity contribution in [1.82, 2.24) is 0 Å². The van der Waals surface area contributed by atoms with Gasteiger partial charge in [0.05, 0.1) is 22.3 Å². The first-order valence-electron chi connectivity index (χ1n) is 4.68. The summed E-state index contributed by atoms with van der Waals surface area (Å²) in [6.45, 7) is 5.39. The zero-order chi connectivity index (χ0) is 12.1. The fourth-order valence-corrected chi connectivity index (χ4v) is 1.53. The summed E-state index contributed by atoms with van der Waals surface area (Å²) in [5.74, 6) is -0.142. The number of benzene rings is 1. The highest BCUT2D eigenvalue weighted by atomic mass is 35.5. The zero-order valence-corrected chi connectivity index (χ0v) is 9.66. The SMILES string of the molecule is C=CCN(C(C)=O)c1cc(C#N)ccc1Cl. The third kappa shape index (κ3) is 2.62. The quantitative estimate of drug-likeness (QED) is 0.755. The summed E-state index contributed by atoms with van der Waals surface area (Å²) < 4.78 is 0. The highest BCUT2D eigenvalue weighted by Crippen LogP contribution is 2.27. The molecular weight excluding hydrogens is 224 g/mol. The normalized spacial score (nSPS) is 9.31. The van der Waals surface area contributed by atoms with Gasteiger partial charge in [0, 0.05) is 13.5 Å². The number of hydrogen-bond acceptors (Lipinski definition) is 2. The van der Waals surface area contributed by atoms with Gasteiger partial charge in [-0.25, -0.2) is 0 Å². The molecule has 0 spiro atoms. The minimum Gasteiger partial charge on any atom is -0.307 e. The third-order valence-corrected chi connectivity index (χ3v) is 2.38. The van der Waals surface area contributed by atoms with Crippen molar-refractivity contribution in [3.63, 3.8) is 0 Å². The number of nitriles is 1. The van der Waals surface area contributed by atoms with Gasteiger partial charge in [0.2, 0.25) is 5.91 Å². The van der Waals surface area contributed by atoms with Crippen molar-refractivity contribution in [3.05, 3.63) is 41.4 Å². The van der Waals surface area contributed by atoms with E-state index in [-0.39, 0.29) is 5.91 Å². The lowest BCUT2D eigenvalue weighted by molar-refractivity contribution is -0.116. The second kappa shape index (κ2) is 5.34. The van der Waals surface area contributed by atoms with E-state index in [2.05, 4.69) is 6.58 Å². The van der Waals surface area contributed by atoms with Crippen molar-refractivity contribution in [2.45, 2.75) is 6.92 Å². The molecule has 4 heteroatoms. The second-order valence-electron chi connectivity index (χ2n) is 3.20. The van der Waals surface area contributed by atoms with E-state index in [1.165, 1.54) is 11.8 Å². The van der Waals surface area contributed by atoms with E-state index in [1.54, 1.807) is 24.3 Å². The molecule has 0 aliphatic carbocycles. The molecule has 0 aliphatic heterocycles. The zero-order valence-electron chi connectivity index (χ0n) is 8.90. The number of hydrogen-bond donors (Lipinski definition) is 0. The molecule has 3 nitrogen and oxygen atoms in total. The number of carbonyl (C=O) groups is 1. The smallest absolute Gasteiger partial charge is 0.224 e. The van der Waals surface area contributed by atoms with E-state index in [0.717, 1.165) is 0 Å². The molecule has 1 amide bonds. The summed E-state index contributed by atoms with van der Waals surface area (Å²) in [6.07, 6.45) is 1.61. The molecular formula is C12H11ClN2O. The van der Waals surface area contributed by atoms with Crippen LogP contribution in [0.2, 0.25) is 5.02 Å². The van der Waals surface area contributed by atoms with Gasteiger partial charge < -0.3 is 4.90 Å². The third-order valence-electron chi connectivity index (χ3n) is 2.06. The summed E-state index contributed by atoms with van der Waals surface area (Å²) in [5.41, 5.74) is 1.00. The van der Waals surface area contributed by atoms with Crippen LogP contribution in [0, 0.1) is 11.3 Å². The number of amides is 1. The monoisotopic (exact) mass is 234 g/mol. The van der Waals surface area contributed by atoms with Gasteiger partial charge in [0.25, 0.3) is 0 Å². The highest BCUT2D eigenvalue weighted by Gasteiger charge is 2.13. The van der Waals surface area contributed by atoms with Gasteiger partial charge in [-0.05, 0) is 18.2 Å². The molecule has 0 fully saturated rings. The molecule has 1 rings (SSSR count). The summed E-state index contributed by atoms with van der Waals surface area (Å²) in [6, 6.07) is 6.81. The van der Waals surface area contributed by atoms with Crippen molar-refractivity contribution < 1.29 is 4.79 Å². The Morgan fingerprint density at radius 1 is 1.69 bits per heavy atom. The molecule has 0 heterocycles. The largest absolute Gasteiger partial charge is 0.307 e. The standard InChI is InChI=1S/C12H11ClN2O/c1-3-6-15(9(2)16)12-7-10(8-14)4-5-11(12)13/h3-5,7H,1,6H2,2H3. The van der Waals surface area contributed by atoms with Gasteiger partial charge in [0.1, 0.15) is 0 Å². The minimum atomic E-state index is -0.142. The first kappa shape index (κ1) is 12.3. The number of anilines is 1. The lowest BCUT2D eigenvalue weighted by atomic mass is 10.2. The topological polar surface area (TPSA) is 44.1 Å². The van der Waals surface area contributed by atoms with Crippen LogP contribution in [-0.4, -0.2) is 12.5 Å². The van der Waals surface area contributed by atoms with E-state index in [0.29, 0.717) is 22.8 Å². The van der Waals surface area contributed by atoms with E-state index in [9.17, 15) is 4.79 Å². The molecule has 0 saturated carbocycles. The summed E-state index contributed by atoms with van der Waals surface area (Å²) in [4.78, 5) is 12.9. The Kier molecular flexibility index (Phi) is 4.10. The Labute approximate surface area is 99.5 Å². The van der Waals surface area contributed by atoms with Crippen molar-refractivity contribution in [1.29, 1.82) is 5.26 Å². The fraction of sp³-hybridized carbons (Fsp3) is 0.167. The summed E-state index contributed by atoms with van der Waals surface area (Å²) >= 11 is 5.99. The first-order valence-corrected chi connectivity index (χ1v) is 5.06. The first-order chi connectivity index (χ1) is 7.60. The molecule has 0 atom stereocenters. The molecule has 0 aliphatic rings. The van der Waals surface area contributed by atoms with Crippen LogP contribution >= 0.6 is 11.6 Å². The molecule has 82 valence electrons. The maximum Gasteiger partial charge on any atom is 0.224 e. The number of carbonyl (C=O) groups excluding carboxylic acids is 1. The van der Waals surface area contributed by atoms with E-state index in [4.69, 9.17) is 16.9 Å². The molecule has 1 aromatic carbocycles. The van der Waals surface area contributed by atoms with E-state index >= 15 is 0 Å². The van der Waals surface area contributed by atoms with Gasteiger partial charge in [-0.3, -0.25) is 4.79 Å². The summed E-state index contributed by atoms with van der Waals surface area (Å²) in [7, 11) is 0. The van der Waals surface area contributed by atoms with Crippen molar-refractivity contribution in [2.75, 3.05) is 11.4 Å². The van der Waals surface area contributed by atoms with Crippen LogP contribution in [0.3, 0.4) is 0 Å². The summed E-state index contributed by atoms with van der Waals surface area (Å²) in [5, 5.41) is 9.23. The fourth-order valence-electron chi connectivity index (χ4n) is 1.31. The van der Waals surface area contributed by atoms with Crippen molar-refractivity contribution in [2.24, 2.45) is 0 Å². The van der Waals surface area contributed by atoms with E-state index < -0.39 is 0 Å². The van der Waals surface area contributed by atoms with Gasteiger partial charge in [-0.1, -0.05) is 17.7 Å². The van der Waals surface area contributed by atoms with Crippen LogP contribution in [0.1, 0.15) is 12.5 Å². The maximum absolute atomic E-state index is 11.4. The Balaban J connectivity index is 3.22. The minimum absolute atomic E-state index is 0.142. The van der Waals surface area contributed by atoms with Crippen LogP contribution in [-0.2, 0) is 4.79 Å². The van der Waals surface area contributed by atoms with Crippen LogP contribution in [0.5, 0.6) is 0 Å². The molecule has 0 unspecified atom stereocenters. The predicted molar refractivity (Wildman–Crippen MR) is 64.4 cm³/mol. The van der Waals surface area contributed by atoms with Crippen LogP contribution < -0.4 is 4.90 Å². The number of rotatable bonds is 3. The van der Waals surface area contributed by atoms with Gasteiger partial charge in [-0.2, -0.15) is 5.26 Å². The van der Waals surface area contributed by atoms with Crippen molar-refractivity contribution in [3.8, 4) is 6.07 Å². The van der Waals surface area contributed by atoms with Gasteiger partial charge in [0.15, 0.2) is 0 Å². The average molecular weight is 235 g/mol. The van der Waals surface area contributed by atoms with Crippen LogP contribution in [0.4, 0.5) is 5.69 Å². The molecule has 0 aromatic heterocycles. The molecule has 0 radical (unpaired) electrons. The van der Waals surface area contributed by atoms with Gasteiger partial charge >= 0.3 is 0 Å². The Bertz CT molecular complexity index is 463. The van der Waals surface area contributed by atoms with Crippen molar-refractivity contribution >= 4 is 23.2 Å². The number of halogens is 1. The molecule has 0 saturated heterocycles. The Hall–Kier alpha value is -1.79. The lowest BCUT2D eigenvalue weighted by Gasteiger charge is -2.20. The molecule has 1 aromatic rings. The molecule has 0 N–H and O–H groups in total. The lowest BCUT2D eigenvalue weighted by Crippen LogP contribution is -2.28. The number of nitrogens with zero attached hydrogens (tertiary/aromatic N) is 2. The Morgan fingerprint density at radius 3 is 2.88 bits per heavy atom. The average Bonchev–Trinajstić information content (AvgIpc) is 2.27. The highest BCUT2D eigenvalue weighted by molar-refractivity contribution is 6.33. The Morgan fingerprint density at radius 2 is 2.38 bits per heavy atom. The maximum atomic E-state index is 11.4. The molecule has 0 bridgehead atoms.